The number of rotatable bonds is 14. The minimum absolute atomic E-state index is 0.0720. The van der Waals surface area contributed by atoms with Crippen molar-refractivity contribution in [2.24, 2.45) is 0 Å². The van der Waals surface area contributed by atoms with Crippen molar-refractivity contribution in [2.45, 2.75) is 30.3 Å². The molecule has 1 heterocycles. The molecule has 4 rings (SSSR count). The molecule has 1 fully saturated rings. The van der Waals surface area contributed by atoms with E-state index in [4.69, 9.17) is 21.1 Å². The van der Waals surface area contributed by atoms with Crippen LogP contribution < -0.4 is 10.1 Å². The smallest absolute Gasteiger partial charge is 0.261 e. The van der Waals surface area contributed by atoms with Crippen molar-refractivity contribution < 1.29 is 32.6 Å². The largest absolute Gasteiger partial charge is 0.484 e. The quantitative estimate of drug-likeness (QED) is 0.263. The van der Waals surface area contributed by atoms with Gasteiger partial charge in [-0.2, -0.15) is 4.31 Å². The van der Waals surface area contributed by atoms with E-state index in [1.54, 1.807) is 24.3 Å². The van der Waals surface area contributed by atoms with Gasteiger partial charge in [0.25, 0.3) is 5.91 Å². The minimum atomic E-state index is -3.67. The van der Waals surface area contributed by atoms with Gasteiger partial charge in [-0.25, -0.2) is 8.42 Å². The third-order valence-electron chi connectivity index (χ3n) is 6.97. The van der Waals surface area contributed by atoms with Gasteiger partial charge in [-0.3, -0.25) is 9.59 Å². The second kappa shape index (κ2) is 15.8. The number of morpholine rings is 1. The molecule has 1 aliphatic rings. The number of carbonyl (C=O) groups is 2. The van der Waals surface area contributed by atoms with Crippen LogP contribution in [0.25, 0.3) is 0 Å². The summed E-state index contributed by atoms with van der Waals surface area (Å²) in [4.78, 5) is 28.8. The molecule has 3 aromatic rings. The van der Waals surface area contributed by atoms with E-state index in [2.05, 4.69) is 5.32 Å². The van der Waals surface area contributed by atoms with Gasteiger partial charge in [0.2, 0.25) is 15.9 Å². The number of sulfonamides is 1. The number of carbonyl (C=O) groups excluding carboxylic acids is 2. The molecule has 1 aliphatic heterocycles. The van der Waals surface area contributed by atoms with Crippen LogP contribution in [0.5, 0.6) is 5.75 Å². The summed E-state index contributed by atoms with van der Waals surface area (Å²) < 4.78 is 38.3. The zero-order valence-corrected chi connectivity index (χ0v) is 25.3. The van der Waals surface area contributed by atoms with Crippen LogP contribution in [-0.2, 0) is 37.3 Å². The highest BCUT2D eigenvalue weighted by Crippen LogP contribution is 2.22. The van der Waals surface area contributed by atoms with Crippen LogP contribution in [0.2, 0.25) is 5.02 Å². The number of halogens is 1. The Morgan fingerprint density at radius 2 is 1.65 bits per heavy atom. The van der Waals surface area contributed by atoms with Crippen molar-refractivity contribution in [3.63, 3.8) is 0 Å². The van der Waals surface area contributed by atoms with Gasteiger partial charge in [-0.05, 0) is 53.9 Å². The van der Waals surface area contributed by atoms with E-state index < -0.39 is 22.0 Å². The Morgan fingerprint density at radius 3 is 2.30 bits per heavy atom. The molecule has 1 saturated heterocycles. The van der Waals surface area contributed by atoms with Crippen molar-refractivity contribution in [3.05, 3.63) is 95.0 Å². The summed E-state index contributed by atoms with van der Waals surface area (Å²) >= 11 is 6.07. The number of benzene rings is 3. The molecular weight excluding hydrogens is 594 g/mol. The molecule has 1 unspecified atom stereocenters. The lowest BCUT2D eigenvalue weighted by Gasteiger charge is -2.31. The Morgan fingerprint density at radius 1 is 0.977 bits per heavy atom. The van der Waals surface area contributed by atoms with Gasteiger partial charge in [-0.15, -0.1) is 0 Å². The van der Waals surface area contributed by atoms with E-state index in [9.17, 15) is 23.1 Å². The number of nitrogens with zero attached hydrogens (tertiary/aromatic N) is 2. The highest BCUT2D eigenvalue weighted by atomic mass is 35.5. The highest BCUT2D eigenvalue weighted by Gasteiger charge is 2.31. The average molecular weight is 630 g/mol. The van der Waals surface area contributed by atoms with E-state index >= 15 is 0 Å². The molecule has 3 aromatic carbocycles. The first kappa shape index (κ1) is 32.4. The number of ether oxygens (including phenoxy) is 2. The van der Waals surface area contributed by atoms with Gasteiger partial charge in [0, 0.05) is 44.2 Å². The monoisotopic (exact) mass is 629 g/mol. The Kier molecular flexibility index (Phi) is 11.9. The van der Waals surface area contributed by atoms with Crippen molar-refractivity contribution in [1.82, 2.24) is 14.5 Å². The fourth-order valence-electron chi connectivity index (χ4n) is 4.62. The number of aliphatic hydroxyl groups is 1. The van der Waals surface area contributed by atoms with Gasteiger partial charge in [-0.1, -0.05) is 54.1 Å². The maximum Gasteiger partial charge on any atom is 0.261 e. The van der Waals surface area contributed by atoms with Gasteiger partial charge in [0.05, 0.1) is 18.1 Å². The molecule has 0 aromatic heterocycles. The lowest BCUT2D eigenvalue weighted by Crippen LogP contribution is -2.51. The Bertz CT molecular complexity index is 1430. The fourth-order valence-corrected chi connectivity index (χ4v) is 6.15. The van der Waals surface area contributed by atoms with Gasteiger partial charge < -0.3 is 24.8 Å². The zero-order valence-electron chi connectivity index (χ0n) is 23.7. The minimum Gasteiger partial charge on any atom is -0.484 e. The van der Waals surface area contributed by atoms with Crippen molar-refractivity contribution >= 4 is 33.4 Å². The first-order valence-electron chi connectivity index (χ1n) is 14.0. The molecule has 0 radical (unpaired) electrons. The maximum absolute atomic E-state index is 13.7. The molecule has 230 valence electrons. The summed E-state index contributed by atoms with van der Waals surface area (Å²) in [5.74, 6) is -0.469. The molecule has 0 saturated carbocycles. The summed E-state index contributed by atoms with van der Waals surface area (Å²) in [6.07, 6.45) is 0.647. The second-order valence-electron chi connectivity index (χ2n) is 10.00. The fraction of sp³-hybridized carbons (Fsp3) is 0.355. The van der Waals surface area contributed by atoms with Crippen LogP contribution in [0.4, 0.5) is 0 Å². The standard InChI is InChI=1S/C31H36ClN3O7S/c32-26-9-7-25(8-10-26)22-35(29(31(38)33-15-4-18-36)21-24-5-2-1-3-6-24)30(37)23-42-27-11-13-28(14-12-27)43(39,40)34-16-19-41-20-17-34/h1-3,5-14,29,36H,4,15-23H2,(H,33,38). The molecule has 43 heavy (non-hydrogen) atoms. The van der Waals surface area contributed by atoms with Gasteiger partial charge >= 0.3 is 0 Å². The molecule has 0 spiro atoms. The number of aliphatic hydroxyl groups excluding tert-OH is 1. The number of nitrogens with one attached hydrogen (secondary N) is 1. The number of amides is 2. The van der Waals surface area contributed by atoms with E-state index in [0.717, 1.165) is 11.1 Å². The first-order chi connectivity index (χ1) is 20.8. The van der Waals surface area contributed by atoms with E-state index in [1.165, 1.54) is 33.5 Å². The summed E-state index contributed by atoms with van der Waals surface area (Å²) in [5.41, 5.74) is 1.65. The van der Waals surface area contributed by atoms with Crippen LogP contribution in [-0.4, -0.2) is 86.6 Å². The topological polar surface area (TPSA) is 125 Å². The summed E-state index contributed by atoms with van der Waals surface area (Å²) in [6, 6.07) is 21.5. The maximum atomic E-state index is 13.7. The van der Waals surface area contributed by atoms with Crippen LogP contribution in [0.3, 0.4) is 0 Å². The van der Waals surface area contributed by atoms with E-state index in [-0.39, 0.29) is 56.6 Å². The molecule has 1 atom stereocenters. The van der Waals surface area contributed by atoms with E-state index in [1.807, 2.05) is 30.3 Å². The predicted molar refractivity (Wildman–Crippen MR) is 162 cm³/mol. The van der Waals surface area contributed by atoms with Crippen LogP contribution in [0.1, 0.15) is 17.5 Å². The third kappa shape index (κ3) is 9.25. The number of hydrogen-bond donors (Lipinski definition) is 2. The van der Waals surface area contributed by atoms with Crippen molar-refractivity contribution in [1.29, 1.82) is 0 Å². The van der Waals surface area contributed by atoms with Gasteiger partial charge in [0.1, 0.15) is 11.8 Å². The molecule has 2 N–H and O–H groups in total. The lowest BCUT2D eigenvalue weighted by atomic mass is 10.0. The van der Waals surface area contributed by atoms with Crippen molar-refractivity contribution in [2.75, 3.05) is 46.1 Å². The predicted octanol–water partition coefficient (Wildman–Crippen LogP) is 2.88. The van der Waals surface area contributed by atoms with Crippen LogP contribution in [0, 0.1) is 0 Å². The van der Waals surface area contributed by atoms with Crippen LogP contribution in [0.15, 0.2) is 83.8 Å². The molecular formula is C31H36ClN3O7S. The third-order valence-corrected chi connectivity index (χ3v) is 9.13. The molecule has 0 bridgehead atoms. The second-order valence-corrected chi connectivity index (χ2v) is 12.4. The Hall–Kier alpha value is -3.48. The SMILES string of the molecule is O=C(NCCCO)C(Cc1ccccc1)N(Cc1ccc(Cl)cc1)C(=O)COc1ccc(S(=O)(=O)N2CCOCC2)cc1. The first-order valence-corrected chi connectivity index (χ1v) is 15.9. The van der Waals surface area contributed by atoms with Gasteiger partial charge in [0.15, 0.2) is 6.61 Å². The zero-order chi connectivity index (χ0) is 30.7. The molecule has 12 heteroatoms. The Balaban J connectivity index is 1.53. The summed E-state index contributed by atoms with van der Waals surface area (Å²) in [5, 5.41) is 12.6. The average Bonchev–Trinajstić information content (AvgIpc) is 3.03. The lowest BCUT2D eigenvalue weighted by molar-refractivity contribution is -0.142. The summed E-state index contributed by atoms with van der Waals surface area (Å²) in [6.45, 7) is 1.21. The van der Waals surface area contributed by atoms with E-state index in [0.29, 0.717) is 30.4 Å². The Labute approximate surface area is 257 Å². The molecule has 10 nitrogen and oxygen atoms in total. The van der Waals surface area contributed by atoms with Crippen LogP contribution >= 0.6 is 11.6 Å². The normalized spacial score (nSPS) is 14.6. The van der Waals surface area contributed by atoms with Crippen molar-refractivity contribution in [3.8, 4) is 5.75 Å². The molecule has 0 aliphatic carbocycles. The highest BCUT2D eigenvalue weighted by molar-refractivity contribution is 7.89. The number of hydrogen-bond acceptors (Lipinski definition) is 7. The summed E-state index contributed by atoms with van der Waals surface area (Å²) in [7, 11) is -3.67. The molecule has 2 amide bonds.